The van der Waals surface area contributed by atoms with Crippen molar-refractivity contribution in [2.45, 2.75) is 31.7 Å². The molecule has 0 spiro atoms. The lowest BCUT2D eigenvalue weighted by atomic mass is 9.86. The summed E-state index contributed by atoms with van der Waals surface area (Å²) in [5.41, 5.74) is 2.33. The highest BCUT2D eigenvalue weighted by molar-refractivity contribution is 8.03. The van der Waals surface area contributed by atoms with Gasteiger partial charge in [-0.1, -0.05) is 36.0 Å². The molecule has 3 N–H and O–H groups in total. The van der Waals surface area contributed by atoms with Crippen LogP contribution >= 0.6 is 23.1 Å². The molecule has 1 saturated carbocycles. The van der Waals surface area contributed by atoms with Crippen LogP contribution in [-0.2, 0) is 9.59 Å². The lowest BCUT2D eigenvalue weighted by molar-refractivity contribution is -0.118. The third-order valence-electron chi connectivity index (χ3n) is 5.04. The van der Waals surface area contributed by atoms with Crippen LogP contribution in [0, 0.1) is 11.3 Å². The highest BCUT2D eigenvalue weighted by atomic mass is 32.2. The van der Waals surface area contributed by atoms with E-state index in [4.69, 9.17) is 0 Å². The first-order valence-corrected chi connectivity index (χ1v) is 11.9. The molecule has 0 saturated heterocycles. The van der Waals surface area contributed by atoms with Crippen LogP contribution in [0.15, 0.2) is 69.7 Å². The summed E-state index contributed by atoms with van der Waals surface area (Å²) in [5, 5.41) is 21.7. The van der Waals surface area contributed by atoms with Crippen molar-refractivity contribution in [1.82, 2.24) is 10.6 Å². The summed E-state index contributed by atoms with van der Waals surface area (Å²) in [6, 6.07) is 15.7. The summed E-state index contributed by atoms with van der Waals surface area (Å²) >= 11 is 2.81. The van der Waals surface area contributed by atoms with E-state index in [0.717, 1.165) is 17.7 Å². The molecule has 31 heavy (non-hydrogen) atoms. The van der Waals surface area contributed by atoms with E-state index in [9.17, 15) is 14.9 Å². The number of rotatable bonds is 7. The minimum Gasteiger partial charge on any atom is -0.353 e. The summed E-state index contributed by atoms with van der Waals surface area (Å²) in [4.78, 5) is 26.3. The topological polar surface area (TPSA) is 94.0 Å². The van der Waals surface area contributed by atoms with Gasteiger partial charge in [0.15, 0.2) is 0 Å². The zero-order chi connectivity index (χ0) is 21.8. The van der Waals surface area contributed by atoms with E-state index in [2.05, 4.69) is 22.0 Å². The molecule has 1 atom stereocenters. The van der Waals surface area contributed by atoms with Gasteiger partial charge < -0.3 is 16.0 Å². The number of benzene rings is 1. The number of amides is 2. The summed E-state index contributed by atoms with van der Waals surface area (Å²) in [6.07, 6.45) is 2.06. The molecule has 2 amide bonds. The fourth-order valence-electron chi connectivity index (χ4n) is 3.42. The molecule has 1 fully saturated rings. The second-order valence-corrected chi connectivity index (χ2v) is 9.38. The second-order valence-electron chi connectivity index (χ2n) is 7.42. The molecule has 0 bridgehead atoms. The number of nitrogens with zero attached hydrogens (tertiary/aromatic N) is 1. The maximum atomic E-state index is 13.2. The van der Waals surface area contributed by atoms with Crippen LogP contribution in [0.25, 0.3) is 0 Å². The van der Waals surface area contributed by atoms with Crippen molar-refractivity contribution in [3.63, 3.8) is 0 Å². The van der Waals surface area contributed by atoms with Crippen LogP contribution in [0.4, 0.5) is 5.69 Å². The molecule has 1 unspecified atom stereocenters. The fraction of sp³-hybridized carbons (Fsp3) is 0.261. The van der Waals surface area contributed by atoms with Crippen molar-refractivity contribution in [2.24, 2.45) is 0 Å². The average Bonchev–Trinajstić information content (AvgIpc) is 3.40. The summed E-state index contributed by atoms with van der Waals surface area (Å²) < 4.78 is 0. The van der Waals surface area contributed by atoms with Crippen LogP contribution in [-0.4, -0.2) is 23.6 Å². The minimum atomic E-state index is -0.482. The number of allylic oxidation sites excluding steroid dienone is 2. The monoisotopic (exact) mass is 450 g/mol. The van der Waals surface area contributed by atoms with Crippen molar-refractivity contribution in [2.75, 3.05) is 11.1 Å². The summed E-state index contributed by atoms with van der Waals surface area (Å²) in [5.74, 6) is -0.553. The Hall–Kier alpha value is -3.02. The molecule has 1 aromatic carbocycles. The smallest absolute Gasteiger partial charge is 0.254 e. The molecule has 1 aliphatic heterocycles. The third kappa shape index (κ3) is 5.01. The van der Waals surface area contributed by atoms with Gasteiger partial charge in [0.25, 0.3) is 5.91 Å². The van der Waals surface area contributed by atoms with Crippen LogP contribution < -0.4 is 16.0 Å². The molecular formula is C23H22N4O2S2. The van der Waals surface area contributed by atoms with E-state index in [1.807, 2.05) is 54.8 Å². The first-order valence-electron chi connectivity index (χ1n) is 10.0. The number of para-hydroxylation sites is 1. The fourth-order valence-corrected chi connectivity index (χ4v) is 5.17. The van der Waals surface area contributed by atoms with Crippen molar-refractivity contribution in [3.05, 3.63) is 74.6 Å². The Balaban J connectivity index is 1.62. The largest absolute Gasteiger partial charge is 0.353 e. The number of dihydropyridines is 1. The van der Waals surface area contributed by atoms with Gasteiger partial charge in [-0.05, 0) is 43.3 Å². The Morgan fingerprint density at radius 3 is 2.65 bits per heavy atom. The van der Waals surface area contributed by atoms with E-state index < -0.39 is 5.92 Å². The standard InChI is InChI=1S/C23H22N4O2S2/c1-14-20(22(29)27-15-6-3-2-4-7-15)21(18-8-5-11-30-18)17(12-24)23(25-14)31-13-19(28)26-16-9-10-16/h2-8,11,16,21,25H,9-10,13H2,1H3,(H,26,28)(H,27,29). The molecule has 158 valence electrons. The van der Waals surface area contributed by atoms with Gasteiger partial charge >= 0.3 is 0 Å². The molecular weight excluding hydrogens is 428 g/mol. The van der Waals surface area contributed by atoms with Crippen molar-refractivity contribution < 1.29 is 9.59 Å². The number of hydrogen-bond donors (Lipinski definition) is 3. The highest BCUT2D eigenvalue weighted by Crippen LogP contribution is 2.42. The molecule has 0 radical (unpaired) electrons. The number of carbonyl (C=O) groups is 2. The van der Waals surface area contributed by atoms with E-state index >= 15 is 0 Å². The maximum absolute atomic E-state index is 13.2. The third-order valence-corrected chi connectivity index (χ3v) is 7.00. The predicted octanol–water partition coefficient (Wildman–Crippen LogP) is 4.09. The zero-order valence-corrected chi connectivity index (χ0v) is 18.6. The number of nitriles is 1. The molecule has 2 aromatic rings. The van der Waals surface area contributed by atoms with E-state index in [-0.39, 0.29) is 17.6 Å². The molecule has 8 heteroatoms. The Morgan fingerprint density at radius 2 is 2.00 bits per heavy atom. The van der Waals surface area contributed by atoms with Crippen molar-refractivity contribution >= 4 is 40.6 Å². The van der Waals surface area contributed by atoms with E-state index in [0.29, 0.717) is 33.6 Å². The summed E-state index contributed by atoms with van der Waals surface area (Å²) in [7, 11) is 0. The number of carbonyl (C=O) groups excluding carboxylic acids is 2. The molecule has 1 aromatic heterocycles. The number of thiophene rings is 1. The van der Waals surface area contributed by atoms with Gasteiger partial charge in [0.05, 0.1) is 28.3 Å². The van der Waals surface area contributed by atoms with Crippen LogP contribution in [0.5, 0.6) is 0 Å². The lowest BCUT2D eigenvalue weighted by Gasteiger charge is -2.29. The molecule has 2 heterocycles. The number of thioether (sulfide) groups is 1. The Morgan fingerprint density at radius 1 is 1.23 bits per heavy atom. The van der Waals surface area contributed by atoms with Gasteiger partial charge in [0.2, 0.25) is 5.91 Å². The van der Waals surface area contributed by atoms with Gasteiger partial charge in [-0.15, -0.1) is 11.3 Å². The molecule has 1 aliphatic carbocycles. The number of hydrogen-bond acceptors (Lipinski definition) is 6. The number of anilines is 1. The average molecular weight is 451 g/mol. The maximum Gasteiger partial charge on any atom is 0.254 e. The lowest BCUT2D eigenvalue weighted by Crippen LogP contribution is -2.31. The van der Waals surface area contributed by atoms with Gasteiger partial charge in [0.1, 0.15) is 0 Å². The van der Waals surface area contributed by atoms with Crippen molar-refractivity contribution in [1.29, 1.82) is 5.26 Å². The Kier molecular flexibility index (Phi) is 6.44. The normalized spacial score (nSPS) is 18.3. The second kappa shape index (κ2) is 9.41. The van der Waals surface area contributed by atoms with Gasteiger partial charge in [-0.2, -0.15) is 5.26 Å². The Labute approximate surface area is 189 Å². The first-order chi connectivity index (χ1) is 15.1. The van der Waals surface area contributed by atoms with Gasteiger partial charge in [-0.3, -0.25) is 9.59 Å². The zero-order valence-electron chi connectivity index (χ0n) is 17.0. The molecule has 2 aliphatic rings. The van der Waals surface area contributed by atoms with Crippen LogP contribution in [0.1, 0.15) is 30.6 Å². The van der Waals surface area contributed by atoms with Gasteiger partial charge in [-0.25, -0.2) is 0 Å². The van der Waals surface area contributed by atoms with Gasteiger partial charge in [0, 0.05) is 27.9 Å². The minimum absolute atomic E-state index is 0.0407. The SMILES string of the molecule is CC1=C(C(=O)Nc2ccccc2)C(c2cccs2)C(C#N)=C(SCC(=O)NC2CC2)N1. The van der Waals surface area contributed by atoms with Crippen LogP contribution in [0.3, 0.4) is 0 Å². The van der Waals surface area contributed by atoms with Crippen molar-refractivity contribution in [3.8, 4) is 6.07 Å². The highest BCUT2D eigenvalue weighted by Gasteiger charge is 2.35. The molecule has 6 nitrogen and oxygen atoms in total. The quantitative estimate of drug-likeness (QED) is 0.591. The van der Waals surface area contributed by atoms with E-state index in [1.165, 1.54) is 23.1 Å². The summed E-state index contributed by atoms with van der Waals surface area (Å²) in [6.45, 7) is 1.83. The van der Waals surface area contributed by atoms with Crippen LogP contribution in [0.2, 0.25) is 0 Å². The molecule has 4 rings (SSSR count). The number of nitrogens with one attached hydrogen (secondary N) is 3. The predicted molar refractivity (Wildman–Crippen MR) is 124 cm³/mol. The Bertz CT molecular complexity index is 1080. The first kappa shape index (κ1) is 21.2. The van der Waals surface area contributed by atoms with E-state index in [1.54, 1.807) is 0 Å².